The van der Waals surface area contributed by atoms with E-state index in [4.69, 9.17) is 9.40 Å². The van der Waals surface area contributed by atoms with Gasteiger partial charge < -0.3 is 4.42 Å². The molecule has 33 heavy (non-hydrogen) atoms. The Morgan fingerprint density at radius 2 is 1.64 bits per heavy atom. The first-order valence-corrected chi connectivity index (χ1v) is 12.2. The van der Waals surface area contributed by atoms with Crippen LogP contribution in [-0.4, -0.2) is 9.97 Å². The quantitative estimate of drug-likeness (QED) is 0.285. The van der Waals surface area contributed by atoms with Crippen LogP contribution in [0.1, 0.15) is 73.9 Å². The number of furan rings is 1. The summed E-state index contributed by atoms with van der Waals surface area (Å²) in [5.74, 6) is 1.05. The van der Waals surface area contributed by atoms with Crippen LogP contribution in [0, 0.1) is 13.8 Å². The van der Waals surface area contributed by atoms with E-state index in [0.717, 1.165) is 39.0 Å². The zero-order valence-corrected chi connectivity index (χ0v) is 19.9. The van der Waals surface area contributed by atoms with Gasteiger partial charge in [0.1, 0.15) is 5.58 Å². The molecule has 166 valence electrons. The summed E-state index contributed by atoms with van der Waals surface area (Å²) in [7, 11) is 0. The number of aromatic nitrogens is 2. The van der Waals surface area contributed by atoms with Gasteiger partial charge in [-0.05, 0) is 85.4 Å². The van der Waals surface area contributed by atoms with Gasteiger partial charge in [-0.1, -0.05) is 44.9 Å². The molecule has 1 saturated carbocycles. The van der Waals surface area contributed by atoms with Crippen molar-refractivity contribution in [3.8, 4) is 11.3 Å². The van der Waals surface area contributed by atoms with Gasteiger partial charge in [-0.15, -0.1) is 0 Å². The molecule has 2 aromatic carbocycles. The van der Waals surface area contributed by atoms with Crippen molar-refractivity contribution in [1.82, 2.24) is 9.97 Å². The van der Waals surface area contributed by atoms with Crippen LogP contribution in [0.4, 0.5) is 0 Å². The Balaban J connectivity index is 1.65. The number of aryl methyl sites for hydroxylation is 2. The smallest absolute Gasteiger partial charge is 0.227 e. The molecule has 3 heteroatoms. The van der Waals surface area contributed by atoms with E-state index in [1.54, 1.807) is 0 Å². The van der Waals surface area contributed by atoms with Gasteiger partial charge in [0.15, 0.2) is 0 Å². The Bertz CT molecular complexity index is 1520. The van der Waals surface area contributed by atoms with Gasteiger partial charge >= 0.3 is 0 Å². The van der Waals surface area contributed by atoms with Crippen molar-refractivity contribution >= 4 is 32.8 Å². The minimum Gasteiger partial charge on any atom is -0.437 e. The standard InChI is InChI=1S/C30H30N2O/c1-17(2)27-16-22-15-21(20-7-5-6-8-20)10-12-23(22)28(32-27)26-14-18(3)13-25-24-11-9-19(4)31-30(24)33-29(25)26/h9-17,20H,5-8H2,1-4H3. The van der Waals surface area contributed by atoms with Gasteiger partial charge in [0, 0.05) is 33.1 Å². The third-order valence-corrected chi connectivity index (χ3v) is 7.27. The molecule has 6 rings (SSSR count). The number of rotatable bonds is 3. The molecular weight excluding hydrogens is 404 g/mol. The van der Waals surface area contributed by atoms with E-state index in [1.165, 1.54) is 47.6 Å². The van der Waals surface area contributed by atoms with Crippen LogP contribution in [0.5, 0.6) is 0 Å². The van der Waals surface area contributed by atoms with Crippen LogP contribution in [-0.2, 0) is 0 Å². The number of pyridine rings is 2. The molecule has 1 aliphatic rings. The van der Waals surface area contributed by atoms with E-state index in [1.807, 2.05) is 6.92 Å². The highest BCUT2D eigenvalue weighted by molar-refractivity contribution is 6.11. The fraction of sp³-hybridized carbons (Fsp3) is 0.333. The molecule has 0 atom stereocenters. The van der Waals surface area contributed by atoms with Gasteiger partial charge in [-0.25, -0.2) is 4.98 Å². The van der Waals surface area contributed by atoms with Crippen LogP contribution < -0.4 is 0 Å². The number of nitrogens with zero attached hydrogens (tertiary/aromatic N) is 2. The maximum absolute atomic E-state index is 6.38. The zero-order chi connectivity index (χ0) is 22.7. The molecule has 0 N–H and O–H groups in total. The van der Waals surface area contributed by atoms with Crippen LogP contribution in [0.15, 0.2) is 52.9 Å². The average Bonchev–Trinajstić information content (AvgIpc) is 3.45. The van der Waals surface area contributed by atoms with Crippen molar-refractivity contribution < 1.29 is 4.42 Å². The average molecular weight is 435 g/mol. The maximum atomic E-state index is 6.38. The van der Waals surface area contributed by atoms with Gasteiger partial charge in [0.2, 0.25) is 5.71 Å². The second-order valence-electron chi connectivity index (χ2n) is 10.1. The van der Waals surface area contributed by atoms with Gasteiger partial charge in [-0.2, -0.15) is 0 Å². The normalized spacial score (nSPS) is 14.9. The molecular formula is C30H30N2O. The highest BCUT2D eigenvalue weighted by Crippen LogP contribution is 2.41. The van der Waals surface area contributed by atoms with Crippen molar-refractivity contribution in [2.75, 3.05) is 0 Å². The molecule has 3 heterocycles. The van der Waals surface area contributed by atoms with Crippen LogP contribution in [0.3, 0.4) is 0 Å². The van der Waals surface area contributed by atoms with E-state index in [9.17, 15) is 0 Å². The molecule has 0 aliphatic heterocycles. The fourth-order valence-electron chi connectivity index (χ4n) is 5.48. The predicted octanol–water partition coefficient (Wildman–Crippen LogP) is 8.59. The molecule has 0 unspecified atom stereocenters. The third kappa shape index (κ3) is 3.42. The molecule has 1 fully saturated rings. The van der Waals surface area contributed by atoms with E-state index < -0.39 is 0 Å². The summed E-state index contributed by atoms with van der Waals surface area (Å²) in [6, 6.07) is 17.9. The van der Waals surface area contributed by atoms with E-state index >= 15 is 0 Å². The molecule has 0 saturated heterocycles. The lowest BCUT2D eigenvalue weighted by Crippen LogP contribution is -1.98. The van der Waals surface area contributed by atoms with E-state index in [-0.39, 0.29) is 0 Å². The van der Waals surface area contributed by atoms with Crippen molar-refractivity contribution in [2.24, 2.45) is 0 Å². The van der Waals surface area contributed by atoms with Crippen LogP contribution in [0.2, 0.25) is 0 Å². The largest absolute Gasteiger partial charge is 0.437 e. The Kier molecular flexibility index (Phi) is 4.76. The molecule has 0 bridgehead atoms. The van der Waals surface area contributed by atoms with Crippen molar-refractivity contribution in [3.05, 3.63) is 71.0 Å². The Hall–Kier alpha value is -3.20. The number of hydrogen-bond acceptors (Lipinski definition) is 3. The first kappa shape index (κ1) is 20.4. The second-order valence-corrected chi connectivity index (χ2v) is 10.1. The minimum absolute atomic E-state index is 0.351. The summed E-state index contributed by atoms with van der Waals surface area (Å²) in [4.78, 5) is 9.85. The highest BCUT2D eigenvalue weighted by Gasteiger charge is 2.21. The van der Waals surface area contributed by atoms with E-state index in [2.05, 4.69) is 74.3 Å². The first-order valence-electron chi connectivity index (χ1n) is 12.2. The second kappa shape index (κ2) is 7.69. The molecule has 1 aliphatic carbocycles. The zero-order valence-electron chi connectivity index (χ0n) is 19.9. The van der Waals surface area contributed by atoms with Crippen molar-refractivity contribution in [3.63, 3.8) is 0 Å². The third-order valence-electron chi connectivity index (χ3n) is 7.27. The molecule has 3 aromatic heterocycles. The van der Waals surface area contributed by atoms with Gasteiger partial charge in [-0.3, -0.25) is 4.98 Å². The number of fused-ring (bicyclic) bond motifs is 4. The topological polar surface area (TPSA) is 38.9 Å². The lowest BCUT2D eigenvalue weighted by Gasteiger charge is -2.15. The Morgan fingerprint density at radius 1 is 0.848 bits per heavy atom. The predicted molar refractivity (Wildman–Crippen MR) is 137 cm³/mol. The molecule has 5 aromatic rings. The molecule has 0 amide bonds. The summed E-state index contributed by atoms with van der Waals surface area (Å²) in [5, 5.41) is 4.65. The Morgan fingerprint density at radius 3 is 2.42 bits per heavy atom. The molecule has 0 radical (unpaired) electrons. The fourth-order valence-corrected chi connectivity index (χ4v) is 5.48. The SMILES string of the molecule is Cc1cc(-c2nc(C(C)C)cc3cc(C4CCCC4)ccc23)c2oc3nc(C)ccc3c2c1. The van der Waals surface area contributed by atoms with Crippen LogP contribution in [0.25, 0.3) is 44.1 Å². The summed E-state index contributed by atoms with van der Waals surface area (Å²) >= 11 is 0. The maximum Gasteiger partial charge on any atom is 0.227 e. The number of hydrogen-bond donors (Lipinski definition) is 0. The Labute approximate surface area is 194 Å². The van der Waals surface area contributed by atoms with E-state index in [0.29, 0.717) is 17.5 Å². The van der Waals surface area contributed by atoms with Crippen molar-refractivity contribution in [2.45, 2.75) is 65.2 Å². The number of benzene rings is 2. The van der Waals surface area contributed by atoms with Gasteiger partial charge in [0.25, 0.3) is 0 Å². The van der Waals surface area contributed by atoms with Gasteiger partial charge in [0.05, 0.1) is 5.69 Å². The summed E-state index contributed by atoms with van der Waals surface area (Å²) in [6.45, 7) is 8.59. The molecule has 0 spiro atoms. The first-order chi connectivity index (χ1) is 16.0. The summed E-state index contributed by atoms with van der Waals surface area (Å²) in [5.41, 5.74) is 8.41. The monoisotopic (exact) mass is 434 g/mol. The minimum atomic E-state index is 0.351. The van der Waals surface area contributed by atoms with Crippen LogP contribution >= 0.6 is 0 Å². The summed E-state index contributed by atoms with van der Waals surface area (Å²) in [6.07, 6.45) is 5.32. The van der Waals surface area contributed by atoms with Crippen molar-refractivity contribution in [1.29, 1.82) is 0 Å². The lowest BCUT2D eigenvalue weighted by molar-refractivity contribution is 0.653. The lowest BCUT2D eigenvalue weighted by atomic mass is 9.92. The highest BCUT2D eigenvalue weighted by atomic mass is 16.3. The summed E-state index contributed by atoms with van der Waals surface area (Å²) < 4.78 is 6.38. The molecule has 3 nitrogen and oxygen atoms in total.